The Morgan fingerprint density at radius 3 is 2.60 bits per heavy atom. The number of nitrogens with zero attached hydrogens (tertiary/aromatic N) is 1. The van der Waals surface area contributed by atoms with E-state index in [2.05, 4.69) is 56.2 Å². The van der Waals surface area contributed by atoms with E-state index in [1.807, 2.05) is 6.07 Å². The molecule has 0 aliphatic carbocycles. The van der Waals surface area contributed by atoms with Gasteiger partial charge in [0, 0.05) is 19.1 Å². The van der Waals surface area contributed by atoms with E-state index in [0.717, 1.165) is 32.0 Å². The summed E-state index contributed by atoms with van der Waals surface area (Å²) in [7, 11) is 2.18. The Hall–Kier alpha value is -1.06. The molecule has 1 aromatic rings. The largest absolute Gasteiger partial charge is 0.492 e. The first-order chi connectivity index (χ1) is 9.71. The molecule has 0 saturated heterocycles. The van der Waals surface area contributed by atoms with Gasteiger partial charge in [0.1, 0.15) is 12.4 Å². The normalized spacial score (nSPS) is 11.3. The van der Waals surface area contributed by atoms with Gasteiger partial charge in [0.05, 0.1) is 0 Å². The lowest BCUT2D eigenvalue weighted by Gasteiger charge is -2.25. The fourth-order valence-electron chi connectivity index (χ4n) is 2.42. The highest BCUT2D eigenvalue weighted by Crippen LogP contribution is 2.13. The molecule has 20 heavy (non-hydrogen) atoms. The van der Waals surface area contributed by atoms with Crippen molar-refractivity contribution in [2.24, 2.45) is 0 Å². The van der Waals surface area contributed by atoms with Crippen LogP contribution in [0.5, 0.6) is 5.75 Å². The van der Waals surface area contributed by atoms with E-state index in [-0.39, 0.29) is 0 Å². The second-order valence-corrected chi connectivity index (χ2v) is 5.23. The predicted molar refractivity (Wildman–Crippen MR) is 86.3 cm³/mol. The number of benzene rings is 1. The van der Waals surface area contributed by atoms with E-state index in [9.17, 15) is 0 Å². The second-order valence-electron chi connectivity index (χ2n) is 5.23. The summed E-state index contributed by atoms with van der Waals surface area (Å²) in [4.78, 5) is 2.39. The van der Waals surface area contributed by atoms with E-state index >= 15 is 0 Å². The van der Waals surface area contributed by atoms with Crippen LogP contribution in [-0.4, -0.2) is 37.7 Å². The van der Waals surface area contributed by atoms with Crippen LogP contribution >= 0.6 is 0 Å². The standard InChI is InChI=1S/C17H30N2O/c1-5-16(6-2)19(4)11-12-20-17-10-8-9-15(13-17)14-18-7-3/h8-10,13,16,18H,5-7,11-12,14H2,1-4H3. The quantitative estimate of drug-likeness (QED) is 0.711. The number of hydrogen-bond donors (Lipinski definition) is 1. The van der Waals surface area contributed by atoms with Gasteiger partial charge in [0.2, 0.25) is 0 Å². The van der Waals surface area contributed by atoms with Crippen molar-refractivity contribution in [3.63, 3.8) is 0 Å². The number of ether oxygens (including phenoxy) is 1. The second kappa shape index (κ2) is 9.78. The van der Waals surface area contributed by atoms with Crippen LogP contribution in [0.25, 0.3) is 0 Å². The van der Waals surface area contributed by atoms with Crippen LogP contribution in [0.15, 0.2) is 24.3 Å². The predicted octanol–water partition coefficient (Wildman–Crippen LogP) is 3.30. The maximum absolute atomic E-state index is 5.87. The third-order valence-corrected chi connectivity index (χ3v) is 3.76. The van der Waals surface area contributed by atoms with Crippen molar-refractivity contribution in [3.8, 4) is 5.75 Å². The Morgan fingerprint density at radius 1 is 1.20 bits per heavy atom. The molecule has 1 rings (SSSR count). The molecule has 1 N–H and O–H groups in total. The van der Waals surface area contributed by atoms with Crippen LogP contribution in [0.2, 0.25) is 0 Å². The van der Waals surface area contributed by atoms with E-state index in [1.165, 1.54) is 18.4 Å². The molecule has 0 spiro atoms. The molecule has 0 unspecified atom stereocenters. The van der Waals surface area contributed by atoms with Gasteiger partial charge in [0.15, 0.2) is 0 Å². The summed E-state index contributed by atoms with van der Waals surface area (Å²) in [6.45, 7) is 10.2. The van der Waals surface area contributed by atoms with Gasteiger partial charge in [-0.05, 0) is 44.1 Å². The minimum absolute atomic E-state index is 0.665. The Morgan fingerprint density at radius 2 is 1.95 bits per heavy atom. The molecule has 0 aliphatic heterocycles. The van der Waals surface area contributed by atoms with Gasteiger partial charge >= 0.3 is 0 Å². The fraction of sp³-hybridized carbons (Fsp3) is 0.647. The average Bonchev–Trinajstić information content (AvgIpc) is 2.47. The molecule has 0 radical (unpaired) electrons. The van der Waals surface area contributed by atoms with Crippen LogP contribution < -0.4 is 10.1 Å². The van der Waals surface area contributed by atoms with Gasteiger partial charge < -0.3 is 15.0 Å². The number of nitrogens with one attached hydrogen (secondary N) is 1. The molecule has 3 nitrogen and oxygen atoms in total. The molecule has 0 amide bonds. The number of likely N-dealkylation sites (N-methyl/N-ethyl adjacent to an activating group) is 1. The molecule has 1 aromatic carbocycles. The van der Waals surface area contributed by atoms with Crippen molar-refractivity contribution in [2.75, 3.05) is 26.7 Å². The first-order valence-electron chi connectivity index (χ1n) is 7.83. The Kier molecular flexibility index (Phi) is 8.31. The minimum atomic E-state index is 0.665. The first-order valence-corrected chi connectivity index (χ1v) is 7.83. The topological polar surface area (TPSA) is 24.5 Å². The van der Waals surface area contributed by atoms with Crippen LogP contribution in [0.3, 0.4) is 0 Å². The highest BCUT2D eigenvalue weighted by molar-refractivity contribution is 5.28. The van der Waals surface area contributed by atoms with E-state index in [0.29, 0.717) is 6.04 Å². The van der Waals surface area contributed by atoms with Crippen molar-refractivity contribution in [2.45, 2.75) is 46.2 Å². The molecular weight excluding hydrogens is 248 g/mol. The average molecular weight is 278 g/mol. The molecule has 0 atom stereocenters. The van der Waals surface area contributed by atoms with Gasteiger partial charge in [-0.15, -0.1) is 0 Å². The lowest BCUT2D eigenvalue weighted by molar-refractivity contribution is 0.183. The molecular formula is C17H30N2O. The number of rotatable bonds is 10. The van der Waals surface area contributed by atoms with Gasteiger partial charge in [-0.3, -0.25) is 0 Å². The van der Waals surface area contributed by atoms with Crippen molar-refractivity contribution in [1.82, 2.24) is 10.2 Å². The Balaban J connectivity index is 2.37. The van der Waals surface area contributed by atoms with Gasteiger partial charge in [-0.25, -0.2) is 0 Å². The van der Waals surface area contributed by atoms with Crippen molar-refractivity contribution in [1.29, 1.82) is 0 Å². The van der Waals surface area contributed by atoms with Gasteiger partial charge in [0.25, 0.3) is 0 Å². The summed E-state index contributed by atoms with van der Waals surface area (Å²) in [5.74, 6) is 0.971. The molecule has 0 bridgehead atoms. The molecule has 0 aliphatic rings. The molecule has 0 fully saturated rings. The number of hydrogen-bond acceptors (Lipinski definition) is 3. The maximum atomic E-state index is 5.87. The Bertz CT molecular complexity index is 364. The molecule has 114 valence electrons. The molecule has 3 heteroatoms. The summed E-state index contributed by atoms with van der Waals surface area (Å²) < 4.78 is 5.87. The summed E-state index contributed by atoms with van der Waals surface area (Å²) in [6, 6.07) is 9.02. The monoisotopic (exact) mass is 278 g/mol. The van der Waals surface area contributed by atoms with Crippen molar-refractivity contribution in [3.05, 3.63) is 29.8 Å². The van der Waals surface area contributed by atoms with Crippen LogP contribution in [0.4, 0.5) is 0 Å². The Labute approximate surface area is 124 Å². The SMILES string of the molecule is CCNCc1cccc(OCCN(C)C(CC)CC)c1. The molecule has 0 aromatic heterocycles. The van der Waals surface area contributed by atoms with Crippen molar-refractivity contribution < 1.29 is 4.74 Å². The van der Waals surface area contributed by atoms with Gasteiger partial charge in [-0.2, -0.15) is 0 Å². The molecule has 0 heterocycles. The maximum Gasteiger partial charge on any atom is 0.119 e. The zero-order valence-corrected chi connectivity index (χ0v) is 13.5. The zero-order chi connectivity index (χ0) is 14.8. The third kappa shape index (κ3) is 5.93. The minimum Gasteiger partial charge on any atom is -0.492 e. The smallest absolute Gasteiger partial charge is 0.119 e. The van der Waals surface area contributed by atoms with Crippen LogP contribution in [0.1, 0.15) is 39.2 Å². The molecule has 0 saturated carbocycles. The zero-order valence-electron chi connectivity index (χ0n) is 13.5. The third-order valence-electron chi connectivity index (χ3n) is 3.76. The summed E-state index contributed by atoms with van der Waals surface area (Å²) in [5.41, 5.74) is 1.28. The lowest BCUT2D eigenvalue weighted by atomic mass is 10.1. The van der Waals surface area contributed by atoms with Crippen LogP contribution in [-0.2, 0) is 6.54 Å². The van der Waals surface area contributed by atoms with Crippen LogP contribution in [0, 0.1) is 0 Å². The summed E-state index contributed by atoms with van der Waals surface area (Å²) >= 11 is 0. The highest BCUT2D eigenvalue weighted by atomic mass is 16.5. The van der Waals surface area contributed by atoms with E-state index in [1.54, 1.807) is 0 Å². The van der Waals surface area contributed by atoms with E-state index in [4.69, 9.17) is 4.74 Å². The summed E-state index contributed by atoms with van der Waals surface area (Å²) in [6.07, 6.45) is 2.40. The first kappa shape index (κ1) is 17.0. The summed E-state index contributed by atoms with van der Waals surface area (Å²) in [5, 5.41) is 3.33. The van der Waals surface area contributed by atoms with Gasteiger partial charge in [-0.1, -0.05) is 32.9 Å². The van der Waals surface area contributed by atoms with E-state index < -0.39 is 0 Å². The lowest BCUT2D eigenvalue weighted by Crippen LogP contribution is -2.34. The highest BCUT2D eigenvalue weighted by Gasteiger charge is 2.09. The fourth-order valence-corrected chi connectivity index (χ4v) is 2.42. The van der Waals surface area contributed by atoms with Crippen molar-refractivity contribution >= 4 is 0 Å².